The first-order chi connectivity index (χ1) is 5.20. The highest BCUT2D eigenvalue weighted by Gasteiger charge is 2.33. The van der Waals surface area contributed by atoms with Gasteiger partial charge in [0.05, 0.1) is 0 Å². The smallest absolute Gasteiger partial charge is 0.329 e. The quantitative estimate of drug-likeness (QED) is 0.314. The van der Waals surface area contributed by atoms with Gasteiger partial charge in [0.1, 0.15) is 0 Å². The lowest BCUT2D eigenvalue weighted by Crippen LogP contribution is -2.56. The molecule has 72 valence electrons. The minimum Gasteiger partial charge on any atom is -0.332 e. The van der Waals surface area contributed by atoms with Crippen molar-refractivity contribution in [2.45, 2.75) is 40.2 Å². The van der Waals surface area contributed by atoms with Crippen LogP contribution in [0.15, 0.2) is 0 Å². The molecular formula is C8H19N3O. The Morgan fingerprint density at radius 1 is 1.17 bits per heavy atom. The highest BCUT2D eigenvalue weighted by Crippen LogP contribution is 2.28. The summed E-state index contributed by atoms with van der Waals surface area (Å²) >= 11 is 0. The molecule has 0 radical (unpaired) electrons. The van der Waals surface area contributed by atoms with Crippen LogP contribution in [-0.2, 0) is 0 Å². The predicted octanol–water partition coefficient (Wildman–Crippen LogP) is 0.984. The van der Waals surface area contributed by atoms with Gasteiger partial charge in [-0.05, 0) is 19.3 Å². The fourth-order valence-electron chi connectivity index (χ4n) is 0.507. The molecule has 0 fully saturated rings. The average molecular weight is 173 g/mol. The first-order valence-corrected chi connectivity index (χ1v) is 3.99. The van der Waals surface area contributed by atoms with Crippen molar-refractivity contribution in [1.29, 1.82) is 0 Å². The van der Waals surface area contributed by atoms with E-state index >= 15 is 0 Å². The van der Waals surface area contributed by atoms with E-state index < -0.39 is 0 Å². The van der Waals surface area contributed by atoms with Crippen molar-refractivity contribution in [3.05, 3.63) is 0 Å². The summed E-state index contributed by atoms with van der Waals surface area (Å²) in [7, 11) is 0. The zero-order chi connectivity index (χ0) is 9.99. The van der Waals surface area contributed by atoms with Crippen molar-refractivity contribution in [3.63, 3.8) is 0 Å². The van der Waals surface area contributed by atoms with Crippen LogP contribution in [0.4, 0.5) is 4.79 Å². The molecule has 0 atom stereocenters. The number of hydrogen-bond donors (Lipinski definition) is 3. The van der Waals surface area contributed by atoms with Gasteiger partial charge in [-0.3, -0.25) is 5.43 Å². The van der Waals surface area contributed by atoms with E-state index in [4.69, 9.17) is 5.84 Å². The van der Waals surface area contributed by atoms with Gasteiger partial charge in [0.2, 0.25) is 0 Å². The highest BCUT2D eigenvalue weighted by molar-refractivity contribution is 5.74. The number of nitrogens with one attached hydrogen (secondary N) is 2. The van der Waals surface area contributed by atoms with E-state index in [-0.39, 0.29) is 17.0 Å². The molecule has 0 aromatic rings. The average Bonchev–Trinajstić information content (AvgIpc) is 1.84. The molecule has 0 saturated heterocycles. The molecule has 12 heavy (non-hydrogen) atoms. The molecule has 0 heterocycles. The van der Waals surface area contributed by atoms with Crippen LogP contribution in [0.1, 0.15) is 34.6 Å². The molecule has 0 aromatic heterocycles. The predicted molar refractivity (Wildman–Crippen MR) is 49.4 cm³/mol. The van der Waals surface area contributed by atoms with Gasteiger partial charge in [0.15, 0.2) is 0 Å². The first kappa shape index (κ1) is 11.2. The zero-order valence-electron chi connectivity index (χ0n) is 8.49. The normalized spacial score (nSPS) is 12.5. The molecule has 0 unspecified atom stereocenters. The van der Waals surface area contributed by atoms with Gasteiger partial charge in [0.25, 0.3) is 0 Å². The minimum atomic E-state index is -0.352. The summed E-state index contributed by atoms with van der Waals surface area (Å²) in [6.45, 7) is 10.1. The number of carbonyl (C=O) groups is 1. The van der Waals surface area contributed by atoms with Crippen molar-refractivity contribution in [1.82, 2.24) is 10.7 Å². The molecule has 0 aliphatic carbocycles. The number of nitrogens with two attached hydrogens (primary N) is 1. The van der Waals surface area contributed by atoms with Crippen LogP contribution in [0.5, 0.6) is 0 Å². The third-order valence-electron chi connectivity index (χ3n) is 2.43. The van der Waals surface area contributed by atoms with Crippen molar-refractivity contribution in [3.8, 4) is 0 Å². The Bertz CT molecular complexity index is 170. The highest BCUT2D eigenvalue weighted by atomic mass is 16.2. The van der Waals surface area contributed by atoms with Gasteiger partial charge in [0, 0.05) is 5.54 Å². The van der Waals surface area contributed by atoms with Crippen molar-refractivity contribution >= 4 is 6.03 Å². The van der Waals surface area contributed by atoms with E-state index in [0.29, 0.717) is 0 Å². The van der Waals surface area contributed by atoms with Gasteiger partial charge >= 0.3 is 6.03 Å². The molecule has 0 rings (SSSR count). The van der Waals surface area contributed by atoms with Crippen molar-refractivity contribution in [2.75, 3.05) is 0 Å². The van der Waals surface area contributed by atoms with E-state index in [0.717, 1.165) is 0 Å². The van der Waals surface area contributed by atoms with Gasteiger partial charge in [-0.25, -0.2) is 10.6 Å². The molecule has 0 spiro atoms. The molecule has 4 N–H and O–H groups in total. The Morgan fingerprint density at radius 2 is 1.58 bits per heavy atom. The molecule has 0 bridgehead atoms. The summed E-state index contributed by atoms with van der Waals surface area (Å²) in [5.74, 6) is 4.96. The summed E-state index contributed by atoms with van der Waals surface area (Å²) in [6, 6.07) is -0.352. The third kappa shape index (κ3) is 2.70. The summed E-state index contributed by atoms with van der Waals surface area (Å²) in [6.07, 6.45) is 0. The lowest BCUT2D eigenvalue weighted by Gasteiger charge is -2.39. The second-order valence-corrected chi connectivity index (χ2v) is 4.47. The molecule has 0 aliphatic heterocycles. The maximum atomic E-state index is 10.9. The number of rotatable bonds is 1. The van der Waals surface area contributed by atoms with Gasteiger partial charge in [-0.1, -0.05) is 20.8 Å². The SMILES string of the molecule is CC(C)(C)C(C)(C)NC(=O)NN. The van der Waals surface area contributed by atoms with E-state index in [1.807, 2.05) is 19.3 Å². The number of carbonyl (C=O) groups excluding carboxylic acids is 1. The van der Waals surface area contributed by atoms with Crippen LogP contribution in [0.25, 0.3) is 0 Å². The number of hydrazine groups is 1. The van der Waals surface area contributed by atoms with E-state index in [9.17, 15) is 4.79 Å². The Balaban J connectivity index is 4.33. The number of hydrogen-bond acceptors (Lipinski definition) is 2. The number of urea groups is 1. The molecule has 4 nitrogen and oxygen atoms in total. The molecule has 2 amide bonds. The van der Waals surface area contributed by atoms with Gasteiger partial charge < -0.3 is 5.32 Å². The van der Waals surface area contributed by atoms with E-state index in [1.165, 1.54) is 0 Å². The Morgan fingerprint density at radius 3 is 1.83 bits per heavy atom. The summed E-state index contributed by atoms with van der Waals surface area (Å²) < 4.78 is 0. The second kappa shape index (κ2) is 3.31. The lowest BCUT2D eigenvalue weighted by molar-refractivity contribution is 0.172. The Labute approximate surface area is 73.9 Å². The standard InChI is InChI=1S/C8H19N3O/c1-7(2,3)8(4,5)10-6(12)11-9/h9H2,1-5H3,(H2,10,11,12). The molecule has 0 aliphatic rings. The van der Waals surface area contributed by atoms with Crippen LogP contribution in [0.2, 0.25) is 0 Å². The molecule has 4 heteroatoms. The van der Waals surface area contributed by atoms with E-state index in [1.54, 1.807) is 0 Å². The third-order valence-corrected chi connectivity index (χ3v) is 2.43. The topological polar surface area (TPSA) is 67.2 Å². The molecule has 0 aromatic carbocycles. The minimum absolute atomic E-state index is 0.000486. The van der Waals surface area contributed by atoms with Gasteiger partial charge in [-0.15, -0.1) is 0 Å². The van der Waals surface area contributed by atoms with Crippen LogP contribution < -0.4 is 16.6 Å². The van der Waals surface area contributed by atoms with Crippen LogP contribution in [0, 0.1) is 5.41 Å². The lowest BCUT2D eigenvalue weighted by atomic mass is 9.76. The fourth-order valence-corrected chi connectivity index (χ4v) is 0.507. The Hall–Kier alpha value is -0.770. The number of amides is 2. The maximum absolute atomic E-state index is 10.9. The zero-order valence-corrected chi connectivity index (χ0v) is 8.49. The van der Waals surface area contributed by atoms with Crippen LogP contribution in [0.3, 0.4) is 0 Å². The largest absolute Gasteiger partial charge is 0.332 e. The Kier molecular flexibility index (Phi) is 3.10. The first-order valence-electron chi connectivity index (χ1n) is 3.99. The van der Waals surface area contributed by atoms with Crippen LogP contribution in [-0.4, -0.2) is 11.6 Å². The van der Waals surface area contributed by atoms with Crippen molar-refractivity contribution in [2.24, 2.45) is 11.3 Å². The summed E-state index contributed by atoms with van der Waals surface area (Å²) in [5.41, 5.74) is 1.76. The summed E-state index contributed by atoms with van der Waals surface area (Å²) in [5, 5.41) is 2.77. The van der Waals surface area contributed by atoms with E-state index in [2.05, 4.69) is 26.1 Å². The van der Waals surface area contributed by atoms with Crippen molar-refractivity contribution < 1.29 is 4.79 Å². The maximum Gasteiger partial charge on any atom is 0.329 e. The summed E-state index contributed by atoms with van der Waals surface area (Å²) in [4.78, 5) is 10.9. The van der Waals surface area contributed by atoms with Crippen LogP contribution >= 0.6 is 0 Å². The second-order valence-electron chi connectivity index (χ2n) is 4.47. The fraction of sp³-hybridized carbons (Fsp3) is 0.875. The monoisotopic (exact) mass is 173 g/mol. The van der Waals surface area contributed by atoms with Gasteiger partial charge in [-0.2, -0.15) is 0 Å². The molecule has 0 saturated carbocycles. The molecular weight excluding hydrogens is 154 g/mol.